The van der Waals surface area contributed by atoms with Crippen LogP contribution in [0.25, 0.3) is 11.0 Å². The first-order valence-corrected chi connectivity index (χ1v) is 13.1. The third kappa shape index (κ3) is 7.48. The Labute approximate surface area is 226 Å². The molecule has 0 amide bonds. The van der Waals surface area contributed by atoms with Crippen molar-refractivity contribution in [2.45, 2.75) is 26.7 Å². The first-order valence-electron chi connectivity index (χ1n) is 12.7. The van der Waals surface area contributed by atoms with E-state index in [2.05, 4.69) is 25.2 Å². The summed E-state index contributed by atoms with van der Waals surface area (Å²) in [6.45, 7) is 6.34. The Hall–Kier alpha value is -3.57. The van der Waals surface area contributed by atoms with Crippen molar-refractivity contribution in [1.29, 1.82) is 0 Å². The number of ether oxygens (including phenoxy) is 2. The standard InChI is InChI=1S/C26H32ClN7O4/c1-3-37-22(35)15-33(16-23(36)38-4-2)14-18-8-10-34(11-9-18)26-28-13-21-24(32-26)25(30-17-29-21)31-20-7-5-6-19(27)12-20/h5-7,12-13,17-18H,3-4,8-11,14-16H2,1-2H3,(H,29,30,31). The normalized spacial score (nSPS) is 14.1. The van der Waals surface area contributed by atoms with Crippen LogP contribution in [0.2, 0.25) is 5.02 Å². The molecule has 11 nitrogen and oxygen atoms in total. The van der Waals surface area contributed by atoms with E-state index in [0.29, 0.717) is 53.5 Å². The molecule has 0 radical (unpaired) electrons. The highest BCUT2D eigenvalue weighted by Crippen LogP contribution is 2.26. The number of carbonyl (C=O) groups is 2. The van der Waals surface area contributed by atoms with Gasteiger partial charge < -0.3 is 19.7 Å². The van der Waals surface area contributed by atoms with Gasteiger partial charge in [0.2, 0.25) is 5.95 Å². The number of aromatic nitrogens is 4. The average molecular weight is 542 g/mol. The lowest BCUT2D eigenvalue weighted by Crippen LogP contribution is -2.43. The van der Waals surface area contributed by atoms with Crippen LogP contribution >= 0.6 is 11.6 Å². The zero-order valence-electron chi connectivity index (χ0n) is 21.6. The zero-order valence-corrected chi connectivity index (χ0v) is 22.4. The minimum Gasteiger partial charge on any atom is -0.465 e. The van der Waals surface area contributed by atoms with Crippen LogP contribution in [0.5, 0.6) is 0 Å². The average Bonchev–Trinajstić information content (AvgIpc) is 2.89. The number of nitrogens with one attached hydrogen (secondary N) is 1. The number of hydrogen-bond donors (Lipinski definition) is 1. The minimum atomic E-state index is -0.344. The van der Waals surface area contributed by atoms with Crippen molar-refractivity contribution in [3.63, 3.8) is 0 Å². The van der Waals surface area contributed by atoms with Crippen LogP contribution < -0.4 is 10.2 Å². The second kappa shape index (κ2) is 13.3. The van der Waals surface area contributed by atoms with Crippen LogP contribution in [0.3, 0.4) is 0 Å². The molecule has 38 heavy (non-hydrogen) atoms. The van der Waals surface area contributed by atoms with E-state index in [-0.39, 0.29) is 25.0 Å². The molecule has 202 valence electrons. The van der Waals surface area contributed by atoms with Crippen molar-refractivity contribution in [1.82, 2.24) is 24.8 Å². The SMILES string of the molecule is CCOC(=O)CN(CC(=O)OCC)CC1CCN(c2ncc3ncnc(Nc4cccc(Cl)c4)c3n2)CC1. The summed E-state index contributed by atoms with van der Waals surface area (Å²) >= 11 is 6.12. The molecule has 0 spiro atoms. The Kier molecular flexibility index (Phi) is 9.61. The molecule has 1 saturated heterocycles. The van der Waals surface area contributed by atoms with Gasteiger partial charge in [-0.15, -0.1) is 0 Å². The number of benzene rings is 1. The Morgan fingerprint density at radius 3 is 2.45 bits per heavy atom. The summed E-state index contributed by atoms with van der Waals surface area (Å²) in [7, 11) is 0. The summed E-state index contributed by atoms with van der Waals surface area (Å²) in [5.41, 5.74) is 2.06. The van der Waals surface area contributed by atoms with Crippen molar-refractivity contribution >= 4 is 52.0 Å². The Morgan fingerprint density at radius 1 is 1.08 bits per heavy atom. The fourth-order valence-corrected chi connectivity index (χ4v) is 4.63. The molecule has 4 rings (SSSR count). The number of fused-ring (bicyclic) bond motifs is 1. The van der Waals surface area contributed by atoms with Gasteiger partial charge in [0.15, 0.2) is 5.82 Å². The number of rotatable bonds is 11. The fourth-order valence-electron chi connectivity index (χ4n) is 4.44. The van der Waals surface area contributed by atoms with E-state index >= 15 is 0 Å². The van der Waals surface area contributed by atoms with Gasteiger partial charge in [-0.05, 0) is 50.8 Å². The third-order valence-electron chi connectivity index (χ3n) is 6.18. The quantitative estimate of drug-likeness (QED) is 0.359. The van der Waals surface area contributed by atoms with Gasteiger partial charge in [0.25, 0.3) is 0 Å². The lowest BCUT2D eigenvalue weighted by atomic mass is 9.96. The van der Waals surface area contributed by atoms with E-state index in [0.717, 1.165) is 31.6 Å². The van der Waals surface area contributed by atoms with E-state index in [1.807, 2.05) is 29.2 Å². The van der Waals surface area contributed by atoms with Crippen molar-refractivity contribution in [2.75, 3.05) is 56.2 Å². The first-order chi connectivity index (χ1) is 18.4. The monoisotopic (exact) mass is 541 g/mol. The number of esters is 2. The molecule has 1 fully saturated rings. The lowest BCUT2D eigenvalue weighted by Gasteiger charge is -2.34. The van der Waals surface area contributed by atoms with E-state index < -0.39 is 0 Å². The van der Waals surface area contributed by atoms with Crippen molar-refractivity contribution < 1.29 is 19.1 Å². The van der Waals surface area contributed by atoms with E-state index in [1.165, 1.54) is 6.33 Å². The largest absolute Gasteiger partial charge is 0.465 e. The molecular formula is C26H32ClN7O4. The summed E-state index contributed by atoms with van der Waals surface area (Å²) in [6, 6.07) is 7.39. The van der Waals surface area contributed by atoms with Crippen LogP contribution in [0, 0.1) is 5.92 Å². The third-order valence-corrected chi connectivity index (χ3v) is 6.42. The molecule has 2 aromatic heterocycles. The van der Waals surface area contributed by atoms with Gasteiger partial charge in [-0.3, -0.25) is 14.5 Å². The Bertz CT molecular complexity index is 1230. The summed E-state index contributed by atoms with van der Waals surface area (Å²) in [4.78, 5) is 46.1. The predicted octanol–water partition coefficient (Wildman–Crippen LogP) is 3.46. The summed E-state index contributed by atoms with van der Waals surface area (Å²) in [6.07, 6.45) is 4.90. The van der Waals surface area contributed by atoms with Gasteiger partial charge >= 0.3 is 11.9 Å². The van der Waals surface area contributed by atoms with Gasteiger partial charge in [0.1, 0.15) is 17.4 Å². The number of carbonyl (C=O) groups excluding carboxylic acids is 2. The van der Waals surface area contributed by atoms with Gasteiger partial charge in [-0.1, -0.05) is 17.7 Å². The number of hydrogen-bond acceptors (Lipinski definition) is 11. The summed E-state index contributed by atoms with van der Waals surface area (Å²) in [5.74, 6) is 0.796. The Morgan fingerprint density at radius 2 is 1.79 bits per heavy atom. The molecule has 0 bridgehead atoms. The molecule has 0 unspecified atom stereocenters. The minimum absolute atomic E-state index is 0.0586. The van der Waals surface area contributed by atoms with Crippen LogP contribution in [0.1, 0.15) is 26.7 Å². The highest BCUT2D eigenvalue weighted by molar-refractivity contribution is 6.30. The summed E-state index contributed by atoms with van der Waals surface area (Å²) in [5, 5.41) is 3.89. The van der Waals surface area contributed by atoms with E-state index in [4.69, 9.17) is 26.1 Å². The highest BCUT2D eigenvalue weighted by atomic mass is 35.5. The molecule has 12 heteroatoms. The molecule has 0 aliphatic carbocycles. The van der Waals surface area contributed by atoms with Gasteiger partial charge in [-0.2, -0.15) is 0 Å². The maximum atomic E-state index is 12.1. The molecular weight excluding hydrogens is 510 g/mol. The van der Waals surface area contributed by atoms with Crippen molar-refractivity contribution in [2.24, 2.45) is 5.92 Å². The topological polar surface area (TPSA) is 123 Å². The van der Waals surface area contributed by atoms with Crippen LogP contribution in [-0.4, -0.2) is 82.7 Å². The number of halogens is 1. The second-order valence-corrected chi connectivity index (χ2v) is 9.41. The van der Waals surface area contributed by atoms with Crippen molar-refractivity contribution in [3.8, 4) is 0 Å². The van der Waals surface area contributed by atoms with Crippen molar-refractivity contribution in [3.05, 3.63) is 41.8 Å². The molecule has 3 aromatic rings. The van der Waals surface area contributed by atoms with E-state index in [9.17, 15) is 9.59 Å². The number of anilines is 3. The number of piperidine rings is 1. The molecule has 1 aliphatic heterocycles. The molecule has 0 saturated carbocycles. The smallest absolute Gasteiger partial charge is 0.320 e. The molecule has 1 aliphatic rings. The highest BCUT2D eigenvalue weighted by Gasteiger charge is 2.26. The molecule has 1 aromatic carbocycles. The van der Waals surface area contributed by atoms with Gasteiger partial charge in [0.05, 0.1) is 32.5 Å². The zero-order chi connectivity index (χ0) is 26.9. The lowest BCUT2D eigenvalue weighted by molar-refractivity contribution is -0.148. The second-order valence-electron chi connectivity index (χ2n) is 8.97. The fraction of sp³-hybridized carbons (Fsp3) is 0.462. The molecule has 3 heterocycles. The maximum Gasteiger partial charge on any atom is 0.320 e. The van der Waals surface area contributed by atoms with Crippen LogP contribution in [0.4, 0.5) is 17.5 Å². The van der Waals surface area contributed by atoms with Gasteiger partial charge in [-0.25, -0.2) is 19.9 Å². The van der Waals surface area contributed by atoms with Crippen LogP contribution in [0.15, 0.2) is 36.8 Å². The molecule has 0 atom stereocenters. The van der Waals surface area contributed by atoms with Gasteiger partial charge in [0, 0.05) is 30.3 Å². The van der Waals surface area contributed by atoms with E-state index in [1.54, 1.807) is 20.0 Å². The first kappa shape index (κ1) is 27.5. The predicted molar refractivity (Wildman–Crippen MR) is 145 cm³/mol. The summed E-state index contributed by atoms with van der Waals surface area (Å²) < 4.78 is 10.2. The molecule has 1 N–H and O–H groups in total. The maximum absolute atomic E-state index is 12.1. The van der Waals surface area contributed by atoms with Crippen LogP contribution in [-0.2, 0) is 19.1 Å². The Balaban J connectivity index is 1.41. The number of nitrogens with zero attached hydrogens (tertiary/aromatic N) is 6.